The van der Waals surface area contributed by atoms with Gasteiger partial charge >= 0.3 is 0 Å². The van der Waals surface area contributed by atoms with Gasteiger partial charge in [-0.05, 0) is 19.0 Å². The first-order valence-electron chi connectivity index (χ1n) is 5.64. The normalized spacial score (nSPS) is 19.4. The molecule has 1 aliphatic rings. The molecule has 0 aliphatic carbocycles. The van der Waals surface area contributed by atoms with E-state index in [4.69, 9.17) is 9.15 Å². The zero-order chi connectivity index (χ0) is 11.5. The van der Waals surface area contributed by atoms with Gasteiger partial charge in [-0.3, -0.25) is 4.98 Å². The Morgan fingerprint density at radius 3 is 3.18 bits per heavy atom. The van der Waals surface area contributed by atoms with E-state index in [2.05, 4.69) is 15.3 Å². The molecule has 17 heavy (non-hydrogen) atoms. The van der Waals surface area contributed by atoms with Crippen molar-refractivity contribution in [1.82, 2.24) is 15.3 Å². The van der Waals surface area contributed by atoms with Gasteiger partial charge in [0.2, 0.25) is 5.88 Å². The number of furan rings is 1. The average Bonchev–Trinajstić information content (AvgIpc) is 3.01. The van der Waals surface area contributed by atoms with Crippen LogP contribution in [-0.4, -0.2) is 29.2 Å². The molecule has 1 atom stereocenters. The Labute approximate surface area is 98.8 Å². The molecule has 1 saturated heterocycles. The topological polar surface area (TPSA) is 60.2 Å². The molecule has 3 rings (SSSR count). The predicted octanol–water partition coefficient (Wildman–Crippen LogP) is 1.48. The summed E-state index contributed by atoms with van der Waals surface area (Å²) in [4.78, 5) is 8.54. The van der Waals surface area contributed by atoms with Gasteiger partial charge in [0, 0.05) is 12.1 Å². The van der Waals surface area contributed by atoms with Crippen LogP contribution in [0.2, 0.25) is 0 Å². The maximum absolute atomic E-state index is 5.75. The van der Waals surface area contributed by atoms with E-state index in [1.54, 1.807) is 24.9 Å². The lowest BCUT2D eigenvalue weighted by atomic mass is 10.2. The highest BCUT2D eigenvalue weighted by Crippen LogP contribution is 2.19. The standard InChI is InChI=1S/C12H13N3O2/c1-3-13-5-10(1)17-12-7-14-6-11(15-12)9-2-4-16-8-9/h2,4,6-8,10,13H,1,3,5H2. The quantitative estimate of drug-likeness (QED) is 0.867. The average molecular weight is 231 g/mol. The molecule has 1 N–H and O–H groups in total. The molecule has 5 nitrogen and oxygen atoms in total. The summed E-state index contributed by atoms with van der Waals surface area (Å²) in [6.07, 6.45) is 7.81. The van der Waals surface area contributed by atoms with Gasteiger partial charge in [0.05, 0.1) is 30.6 Å². The molecule has 2 aromatic rings. The minimum Gasteiger partial charge on any atom is -0.472 e. The van der Waals surface area contributed by atoms with Crippen LogP contribution < -0.4 is 10.1 Å². The third-order valence-corrected chi connectivity index (χ3v) is 2.73. The van der Waals surface area contributed by atoms with Crippen LogP contribution in [-0.2, 0) is 0 Å². The van der Waals surface area contributed by atoms with Crippen molar-refractivity contribution >= 4 is 0 Å². The number of ether oxygens (including phenoxy) is 1. The summed E-state index contributed by atoms with van der Waals surface area (Å²) >= 11 is 0. The van der Waals surface area contributed by atoms with E-state index in [0.29, 0.717) is 5.88 Å². The van der Waals surface area contributed by atoms with Gasteiger partial charge < -0.3 is 14.5 Å². The molecule has 5 heteroatoms. The van der Waals surface area contributed by atoms with Gasteiger partial charge in [-0.15, -0.1) is 0 Å². The smallest absolute Gasteiger partial charge is 0.233 e. The summed E-state index contributed by atoms with van der Waals surface area (Å²) in [6.45, 7) is 1.87. The number of nitrogens with one attached hydrogen (secondary N) is 1. The van der Waals surface area contributed by atoms with E-state index in [1.807, 2.05) is 6.07 Å². The van der Waals surface area contributed by atoms with Crippen molar-refractivity contribution in [3.8, 4) is 17.1 Å². The van der Waals surface area contributed by atoms with Crippen molar-refractivity contribution < 1.29 is 9.15 Å². The highest BCUT2D eigenvalue weighted by molar-refractivity contribution is 5.56. The number of rotatable bonds is 3. The van der Waals surface area contributed by atoms with Crippen LogP contribution in [0, 0.1) is 0 Å². The fraction of sp³-hybridized carbons (Fsp3) is 0.333. The van der Waals surface area contributed by atoms with Crippen molar-refractivity contribution in [3.05, 3.63) is 31.0 Å². The van der Waals surface area contributed by atoms with E-state index >= 15 is 0 Å². The minimum atomic E-state index is 0.198. The second-order valence-corrected chi connectivity index (χ2v) is 3.99. The summed E-state index contributed by atoms with van der Waals surface area (Å²) in [7, 11) is 0. The largest absolute Gasteiger partial charge is 0.472 e. The molecule has 0 spiro atoms. The maximum Gasteiger partial charge on any atom is 0.233 e. The van der Waals surface area contributed by atoms with Crippen molar-refractivity contribution in [1.29, 1.82) is 0 Å². The fourth-order valence-electron chi connectivity index (χ4n) is 1.85. The molecule has 0 radical (unpaired) electrons. The van der Waals surface area contributed by atoms with Crippen molar-refractivity contribution in [3.63, 3.8) is 0 Å². The van der Waals surface area contributed by atoms with Crippen molar-refractivity contribution in [2.45, 2.75) is 12.5 Å². The van der Waals surface area contributed by atoms with E-state index in [0.717, 1.165) is 30.8 Å². The number of hydrogen-bond acceptors (Lipinski definition) is 5. The van der Waals surface area contributed by atoms with Crippen molar-refractivity contribution in [2.24, 2.45) is 0 Å². The molecule has 0 bridgehead atoms. The zero-order valence-corrected chi connectivity index (χ0v) is 9.30. The first-order chi connectivity index (χ1) is 8.42. The van der Waals surface area contributed by atoms with Gasteiger partial charge in [0.15, 0.2) is 0 Å². The van der Waals surface area contributed by atoms with Gasteiger partial charge in [-0.1, -0.05) is 0 Å². The Morgan fingerprint density at radius 2 is 2.41 bits per heavy atom. The first kappa shape index (κ1) is 10.3. The van der Waals surface area contributed by atoms with Crippen LogP contribution in [0.15, 0.2) is 35.4 Å². The Kier molecular flexibility index (Phi) is 2.75. The van der Waals surface area contributed by atoms with Crippen LogP contribution in [0.4, 0.5) is 0 Å². The molecule has 2 aromatic heterocycles. The molecular formula is C12H13N3O2. The molecule has 0 saturated carbocycles. The third-order valence-electron chi connectivity index (χ3n) is 2.73. The van der Waals surface area contributed by atoms with Crippen LogP contribution in [0.5, 0.6) is 5.88 Å². The summed E-state index contributed by atoms with van der Waals surface area (Å²) in [5.41, 5.74) is 1.68. The van der Waals surface area contributed by atoms with Gasteiger partial charge in [0.25, 0.3) is 0 Å². The summed E-state index contributed by atoms with van der Waals surface area (Å²) in [6, 6.07) is 1.85. The second-order valence-electron chi connectivity index (χ2n) is 3.99. The molecule has 1 aliphatic heterocycles. The molecule has 0 aromatic carbocycles. The lowest BCUT2D eigenvalue weighted by Crippen LogP contribution is -2.20. The number of hydrogen-bond donors (Lipinski definition) is 1. The van der Waals surface area contributed by atoms with Gasteiger partial charge in [0.1, 0.15) is 6.10 Å². The molecule has 0 amide bonds. The van der Waals surface area contributed by atoms with Crippen LogP contribution in [0.25, 0.3) is 11.3 Å². The summed E-state index contributed by atoms with van der Waals surface area (Å²) in [5.74, 6) is 0.567. The van der Waals surface area contributed by atoms with Gasteiger partial charge in [-0.2, -0.15) is 0 Å². The highest BCUT2D eigenvalue weighted by Gasteiger charge is 2.16. The lowest BCUT2D eigenvalue weighted by molar-refractivity contribution is 0.213. The highest BCUT2D eigenvalue weighted by atomic mass is 16.5. The van der Waals surface area contributed by atoms with Crippen LogP contribution in [0.1, 0.15) is 6.42 Å². The number of nitrogens with zero attached hydrogens (tertiary/aromatic N) is 2. The summed E-state index contributed by atoms with van der Waals surface area (Å²) in [5, 5.41) is 3.25. The van der Waals surface area contributed by atoms with Crippen LogP contribution >= 0.6 is 0 Å². The van der Waals surface area contributed by atoms with E-state index in [-0.39, 0.29) is 6.10 Å². The molecule has 3 heterocycles. The Balaban J connectivity index is 1.79. The van der Waals surface area contributed by atoms with Crippen molar-refractivity contribution in [2.75, 3.05) is 13.1 Å². The van der Waals surface area contributed by atoms with Crippen LogP contribution in [0.3, 0.4) is 0 Å². The second kappa shape index (κ2) is 4.55. The third kappa shape index (κ3) is 2.29. The lowest BCUT2D eigenvalue weighted by Gasteiger charge is -2.11. The molecule has 1 fully saturated rings. The maximum atomic E-state index is 5.75. The molecule has 88 valence electrons. The number of aromatic nitrogens is 2. The fourth-order valence-corrected chi connectivity index (χ4v) is 1.85. The molecular weight excluding hydrogens is 218 g/mol. The Bertz CT molecular complexity index is 478. The van der Waals surface area contributed by atoms with E-state index in [9.17, 15) is 0 Å². The monoisotopic (exact) mass is 231 g/mol. The Hall–Kier alpha value is -1.88. The minimum absolute atomic E-state index is 0.198. The molecule has 1 unspecified atom stereocenters. The predicted molar refractivity (Wildman–Crippen MR) is 61.6 cm³/mol. The zero-order valence-electron chi connectivity index (χ0n) is 9.30. The Morgan fingerprint density at radius 1 is 1.41 bits per heavy atom. The van der Waals surface area contributed by atoms with Gasteiger partial charge in [-0.25, -0.2) is 4.98 Å². The van der Waals surface area contributed by atoms with E-state index < -0.39 is 0 Å². The van der Waals surface area contributed by atoms with E-state index in [1.165, 1.54) is 0 Å². The SMILES string of the molecule is c1cc(-c2cncc(OC3CCNC3)n2)co1. The summed E-state index contributed by atoms with van der Waals surface area (Å²) < 4.78 is 10.8. The first-order valence-corrected chi connectivity index (χ1v) is 5.64.